The van der Waals surface area contributed by atoms with Crippen LogP contribution in [0.15, 0.2) is 30.3 Å². The smallest absolute Gasteiger partial charge is 0.309 e. The minimum Gasteiger partial charge on any atom is -0.481 e. The number of nitrogens with zero attached hydrogens (tertiary/aromatic N) is 1. The molecule has 1 saturated heterocycles. The van der Waals surface area contributed by atoms with Gasteiger partial charge in [-0.05, 0) is 19.1 Å². The molecular weight excluding hydrogens is 206 g/mol. The zero-order valence-corrected chi connectivity index (χ0v) is 8.96. The normalized spacial score (nSPS) is 24.8. The highest BCUT2D eigenvalue weighted by molar-refractivity contribution is 6.00. The number of carbonyl (C=O) groups excluding carboxylic acids is 1. The molecule has 1 aromatic carbocycles. The third-order valence-electron chi connectivity index (χ3n) is 3.00. The fraction of sp³-hybridized carbons (Fsp3) is 0.333. The SMILES string of the molecule is C[C@@H]1[C@H](C(=O)O)CC(=O)N1c1ccccc1. The van der Waals surface area contributed by atoms with E-state index in [4.69, 9.17) is 5.11 Å². The zero-order valence-electron chi connectivity index (χ0n) is 8.96. The van der Waals surface area contributed by atoms with Gasteiger partial charge in [0.05, 0.1) is 5.92 Å². The average Bonchev–Trinajstić information content (AvgIpc) is 2.56. The van der Waals surface area contributed by atoms with Crippen LogP contribution < -0.4 is 4.90 Å². The lowest BCUT2D eigenvalue weighted by molar-refractivity contribution is -0.142. The number of carbonyl (C=O) groups is 2. The topological polar surface area (TPSA) is 57.6 Å². The third-order valence-corrected chi connectivity index (χ3v) is 3.00. The monoisotopic (exact) mass is 219 g/mol. The van der Waals surface area contributed by atoms with E-state index in [0.717, 1.165) is 5.69 Å². The minimum absolute atomic E-state index is 0.0887. The van der Waals surface area contributed by atoms with E-state index < -0.39 is 11.9 Å². The van der Waals surface area contributed by atoms with Crippen molar-refractivity contribution in [3.05, 3.63) is 30.3 Å². The van der Waals surface area contributed by atoms with Crippen LogP contribution in [0.2, 0.25) is 0 Å². The number of carboxylic acids is 1. The highest BCUT2D eigenvalue weighted by Crippen LogP contribution is 2.30. The fourth-order valence-electron chi connectivity index (χ4n) is 2.13. The van der Waals surface area contributed by atoms with Crippen LogP contribution in [-0.4, -0.2) is 23.0 Å². The number of hydrogen-bond acceptors (Lipinski definition) is 2. The summed E-state index contributed by atoms with van der Waals surface area (Å²) in [7, 11) is 0. The lowest BCUT2D eigenvalue weighted by atomic mass is 10.0. The maximum absolute atomic E-state index is 11.8. The van der Waals surface area contributed by atoms with E-state index in [1.807, 2.05) is 30.3 Å². The number of carboxylic acid groups (broad SMARTS) is 1. The number of hydrogen-bond donors (Lipinski definition) is 1. The van der Waals surface area contributed by atoms with Gasteiger partial charge in [0.15, 0.2) is 0 Å². The van der Waals surface area contributed by atoms with Crippen LogP contribution in [0.5, 0.6) is 0 Å². The lowest BCUT2D eigenvalue weighted by Gasteiger charge is -2.23. The van der Waals surface area contributed by atoms with Crippen LogP contribution in [0.4, 0.5) is 5.69 Å². The summed E-state index contributed by atoms with van der Waals surface area (Å²) < 4.78 is 0. The molecule has 1 aliphatic rings. The summed E-state index contributed by atoms with van der Waals surface area (Å²) in [6.07, 6.45) is 0.0887. The van der Waals surface area contributed by atoms with Crippen LogP contribution in [0.1, 0.15) is 13.3 Å². The van der Waals surface area contributed by atoms with Gasteiger partial charge < -0.3 is 10.0 Å². The van der Waals surface area contributed by atoms with Crippen LogP contribution in [-0.2, 0) is 9.59 Å². The van der Waals surface area contributed by atoms with Crippen molar-refractivity contribution in [3.8, 4) is 0 Å². The molecule has 0 unspecified atom stereocenters. The molecule has 0 radical (unpaired) electrons. The molecule has 0 aromatic heterocycles. The summed E-state index contributed by atoms with van der Waals surface area (Å²) in [6, 6.07) is 8.89. The van der Waals surface area contributed by atoms with Crippen LogP contribution in [0.3, 0.4) is 0 Å². The van der Waals surface area contributed by atoms with E-state index in [0.29, 0.717) is 0 Å². The van der Waals surface area contributed by atoms with E-state index in [9.17, 15) is 9.59 Å². The highest BCUT2D eigenvalue weighted by Gasteiger charge is 2.41. The highest BCUT2D eigenvalue weighted by atomic mass is 16.4. The predicted octanol–water partition coefficient (Wildman–Crippen LogP) is 1.51. The Bertz CT molecular complexity index is 416. The van der Waals surface area contributed by atoms with Crippen LogP contribution >= 0.6 is 0 Å². The van der Waals surface area contributed by atoms with Gasteiger partial charge in [0.2, 0.25) is 5.91 Å². The molecule has 2 atom stereocenters. The van der Waals surface area contributed by atoms with Crippen molar-refractivity contribution in [2.75, 3.05) is 4.90 Å². The molecule has 1 aromatic rings. The van der Waals surface area contributed by atoms with Crippen molar-refractivity contribution in [1.82, 2.24) is 0 Å². The molecule has 16 heavy (non-hydrogen) atoms. The van der Waals surface area contributed by atoms with Gasteiger partial charge in [-0.15, -0.1) is 0 Å². The molecule has 1 aliphatic heterocycles. The van der Waals surface area contributed by atoms with Crippen molar-refractivity contribution in [3.63, 3.8) is 0 Å². The Morgan fingerprint density at radius 1 is 1.38 bits per heavy atom. The Morgan fingerprint density at radius 2 is 2.00 bits per heavy atom. The van der Waals surface area contributed by atoms with E-state index in [2.05, 4.69) is 0 Å². The molecule has 0 spiro atoms. The Labute approximate surface area is 93.5 Å². The summed E-state index contributed by atoms with van der Waals surface area (Å²) in [6.45, 7) is 1.77. The molecule has 0 saturated carbocycles. The molecule has 84 valence electrons. The van der Waals surface area contributed by atoms with Gasteiger partial charge >= 0.3 is 5.97 Å². The molecule has 0 aliphatic carbocycles. The first-order chi connectivity index (χ1) is 7.61. The van der Waals surface area contributed by atoms with Crippen LogP contribution in [0.25, 0.3) is 0 Å². The second-order valence-corrected chi connectivity index (χ2v) is 3.99. The van der Waals surface area contributed by atoms with E-state index in [1.165, 1.54) is 0 Å². The van der Waals surface area contributed by atoms with Crippen molar-refractivity contribution in [1.29, 1.82) is 0 Å². The maximum Gasteiger partial charge on any atom is 0.309 e. The number of para-hydroxylation sites is 1. The number of anilines is 1. The first-order valence-corrected chi connectivity index (χ1v) is 5.21. The standard InChI is InChI=1S/C12H13NO3/c1-8-10(12(15)16)7-11(14)13(8)9-5-3-2-4-6-9/h2-6,8,10H,7H2,1H3,(H,15,16)/t8-,10-/m1/s1. The molecule has 1 N–H and O–H groups in total. The third kappa shape index (κ3) is 1.66. The summed E-state index contributed by atoms with van der Waals surface area (Å²) in [5.74, 6) is -1.63. The summed E-state index contributed by atoms with van der Waals surface area (Å²) in [4.78, 5) is 24.3. The fourth-order valence-corrected chi connectivity index (χ4v) is 2.13. The second kappa shape index (κ2) is 3.96. The molecule has 1 amide bonds. The Morgan fingerprint density at radius 3 is 2.50 bits per heavy atom. The molecule has 1 fully saturated rings. The van der Waals surface area contributed by atoms with Crippen molar-refractivity contribution < 1.29 is 14.7 Å². The van der Waals surface area contributed by atoms with Gasteiger partial charge in [0.1, 0.15) is 0 Å². The quantitative estimate of drug-likeness (QED) is 0.820. The molecule has 0 bridgehead atoms. The molecule has 2 rings (SSSR count). The van der Waals surface area contributed by atoms with Gasteiger partial charge in [-0.3, -0.25) is 9.59 Å². The van der Waals surface area contributed by atoms with Gasteiger partial charge in [-0.25, -0.2) is 0 Å². The van der Waals surface area contributed by atoms with E-state index >= 15 is 0 Å². The van der Waals surface area contributed by atoms with Crippen LogP contribution in [0, 0.1) is 5.92 Å². The van der Waals surface area contributed by atoms with Gasteiger partial charge in [0, 0.05) is 18.2 Å². The van der Waals surface area contributed by atoms with Crippen molar-refractivity contribution >= 4 is 17.6 Å². The summed E-state index contributed by atoms with van der Waals surface area (Å²) >= 11 is 0. The molecular formula is C12H13NO3. The maximum atomic E-state index is 11.8. The zero-order chi connectivity index (χ0) is 11.7. The number of benzene rings is 1. The Kier molecular flexibility index (Phi) is 2.64. The lowest BCUT2D eigenvalue weighted by Crippen LogP contribution is -2.34. The Balaban J connectivity index is 2.30. The average molecular weight is 219 g/mol. The molecule has 1 heterocycles. The van der Waals surface area contributed by atoms with Gasteiger partial charge in [-0.2, -0.15) is 0 Å². The second-order valence-electron chi connectivity index (χ2n) is 3.99. The minimum atomic E-state index is -0.903. The first kappa shape index (κ1) is 10.7. The number of amides is 1. The van der Waals surface area contributed by atoms with Gasteiger partial charge in [0.25, 0.3) is 0 Å². The number of rotatable bonds is 2. The van der Waals surface area contributed by atoms with Gasteiger partial charge in [-0.1, -0.05) is 18.2 Å². The van der Waals surface area contributed by atoms with Crippen molar-refractivity contribution in [2.45, 2.75) is 19.4 Å². The van der Waals surface area contributed by atoms with E-state index in [-0.39, 0.29) is 18.4 Å². The first-order valence-electron chi connectivity index (χ1n) is 5.21. The Hall–Kier alpha value is -1.84. The molecule has 4 heteroatoms. The number of aliphatic carboxylic acids is 1. The summed E-state index contributed by atoms with van der Waals surface area (Å²) in [5.41, 5.74) is 0.767. The van der Waals surface area contributed by atoms with E-state index in [1.54, 1.807) is 11.8 Å². The predicted molar refractivity (Wildman–Crippen MR) is 59.1 cm³/mol. The largest absolute Gasteiger partial charge is 0.481 e. The molecule has 4 nitrogen and oxygen atoms in total. The van der Waals surface area contributed by atoms with Crippen molar-refractivity contribution in [2.24, 2.45) is 5.92 Å². The summed E-state index contributed by atoms with van der Waals surface area (Å²) in [5, 5.41) is 8.99.